The predicted molar refractivity (Wildman–Crippen MR) is 74.0 cm³/mol. The minimum Gasteiger partial charge on any atom is -0.388 e. The summed E-state index contributed by atoms with van der Waals surface area (Å²) in [6.07, 6.45) is 8.22. The van der Waals surface area contributed by atoms with Gasteiger partial charge in [0.1, 0.15) is 6.67 Å². The van der Waals surface area contributed by atoms with E-state index >= 15 is 0 Å². The van der Waals surface area contributed by atoms with Crippen molar-refractivity contribution in [3.8, 4) is 11.5 Å². The van der Waals surface area contributed by atoms with E-state index in [0.717, 1.165) is 18.7 Å². The standard InChI is InChI=1S/C14H18N4O2/c19-14-18(11-17-9-3-1-2-4-10-17)16-13(20-14)12-5-7-15-8-6-12/h5-8H,1-4,9-11H2. The molecule has 0 aliphatic carbocycles. The molecule has 0 amide bonds. The third-order valence-corrected chi connectivity index (χ3v) is 3.57. The summed E-state index contributed by atoms with van der Waals surface area (Å²) in [5, 5.41) is 4.27. The van der Waals surface area contributed by atoms with E-state index in [4.69, 9.17) is 4.42 Å². The van der Waals surface area contributed by atoms with Crippen molar-refractivity contribution < 1.29 is 4.42 Å². The van der Waals surface area contributed by atoms with Gasteiger partial charge in [0.25, 0.3) is 0 Å². The fourth-order valence-corrected chi connectivity index (χ4v) is 2.47. The molecule has 0 radical (unpaired) electrons. The molecule has 0 bridgehead atoms. The average molecular weight is 274 g/mol. The van der Waals surface area contributed by atoms with Crippen molar-refractivity contribution in [2.75, 3.05) is 13.1 Å². The van der Waals surface area contributed by atoms with Crippen LogP contribution in [0, 0.1) is 0 Å². The van der Waals surface area contributed by atoms with Gasteiger partial charge in [-0.2, -0.15) is 4.68 Å². The maximum Gasteiger partial charge on any atom is 0.438 e. The fourth-order valence-electron chi connectivity index (χ4n) is 2.47. The van der Waals surface area contributed by atoms with E-state index in [0.29, 0.717) is 12.6 Å². The Morgan fingerprint density at radius 1 is 1.10 bits per heavy atom. The van der Waals surface area contributed by atoms with Crippen molar-refractivity contribution in [2.24, 2.45) is 0 Å². The second-order valence-electron chi connectivity index (χ2n) is 5.08. The molecule has 20 heavy (non-hydrogen) atoms. The molecule has 2 aromatic rings. The third-order valence-electron chi connectivity index (χ3n) is 3.57. The first-order chi connectivity index (χ1) is 9.83. The summed E-state index contributed by atoms with van der Waals surface area (Å²) in [4.78, 5) is 18.1. The monoisotopic (exact) mass is 274 g/mol. The lowest BCUT2D eigenvalue weighted by atomic mass is 10.2. The molecule has 6 heteroatoms. The van der Waals surface area contributed by atoms with Crippen LogP contribution in [0.5, 0.6) is 0 Å². The van der Waals surface area contributed by atoms with E-state index < -0.39 is 5.76 Å². The summed E-state index contributed by atoms with van der Waals surface area (Å²) in [7, 11) is 0. The number of pyridine rings is 1. The van der Waals surface area contributed by atoms with Gasteiger partial charge >= 0.3 is 5.76 Å². The van der Waals surface area contributed by atoms with Gasteiger partial charge in [0.05, 0.1) is 0 Å². The van der Waals surface area contributed by atoms with E-state index in [2.05, 4.69) is 15.0 Å². The number of hydrogen-bond donors (Lipinski definition) is 0. The van der Waals surface area contributed by atoms with Gasteiger partial charge in [-0.05, 0) is 38.1 Å². The maximum absolute atomic E-state index is 11.9. The number of aromatic nitrogens is 3. The molecule has 2 aromatic heterocycles. The highest BCUT2D eigenvalue weighted by Crippen LogP contribution is 2.14. The molecule has 1 aliphatic rings. The van der Waals surface area contributed by atoms with Crippen LogP contribution in [0.25, 0.3) is 11.5 Å². The number of rotatable bonds is 3. The first kappa shape index (κ1) is 13.1. The summed E-state index contributed by atoms with van der Waals surface area (Å²) < 4.78 is 6.62. The van der Waals surface area contributed by atoms with Crippen molar-refractivity contribution in [1.82, 2.24) is 19.7 Å². The number of hydrogen-bond acceptors (Lipinski definition) is 5. The Labute approximate surface area is 117 Å². The molecule has 0 unspecified atom stereocenters. The molecule has 0 N–H and O–H groups in total. The molecule has 0 aromatic carbocycles. The Morgan fingerprint density at radius 3 is 2.50 bits per heavy atom. The molecular formula is C14H18N4O2. The lowest BCUT2D eigenvalue weighted by Gasteiger charge is -2.18. The first-order valence-electron chi connectivity index (χ1n) is 7.03. The van der Waals surface area contributed by atoms with Gasteiger partial charge in [-0.3, -0.25) is 9.88 Å². The van der Waals surface area contributed by atoms with Crippen LogP contribution in [-0.4, -0.2) is 32.8 Å². The number of nitrogens with zero attached hydrogens (tertiary/aromatic N) is 4. The molecule has 3 heterocycles. The topological polar surface area (TPSA) is 64.2 Å². The van der Waals surface area contributed by atoms with Crippen molar-refractivity contribution in [3.63, 3.8) is 0 Å². The molecule has 1 aliphatic heterocycles. The van der Waals surface area contributed by atoms with Gasteiger partial charge < -0.3 is 4.42 Å². The lowest BCUT2D eigenvalue weighted by molar-refractivity contribution is 0.208. The molecule has 6 nitrogen and oxygen atoms in total. The zero-order valence-corrected chi connectivity index (χ0v) is 11.4. The molecule has 0 atom stereocenters. The summed E-state index contributed by atoms with van der Waals surface area (Å²) in [6.45, 7) is 2.54. The fraction of sp³-hybridized carbons (Fsp3) is 0.500. The van der Waals surface area contributed by atoms with Crippen LogP contribution in [0.15, 0.2) is 33.7 Å². The van der Waals surface area contributed by atoms with Crippen LogP contribution in [0.4, 0.5) is 0 Å². The Morgan fingerprint density at radius 2 is 1.80 bits per heavy atom. The van der Waals surface area contributed by atoms with Crippen molar-refractivity contribution in [3.05, 3.63) is 35.1 Å². The van der Waals surface area contributed by atoms with Gasteiger partial charge in [-0.15, -0.1) is 5.10 Å². The van der Waals surface area contributed by atoms with Gasteiger partial charge in [-0.1, -0.05) is 12.8 Å². The predicted octanol–water partition coefficient (Wildman–Crippen LogP) is 1.73. The zero-order valence-electron chi connectivity index (χ0n) is 11.4. The average Bonchev–Trinajstić information content (AvgIpc) is 2.68. The summed E-state index contributed by atoms with van der Waals surface area (Å²) >= 11 is 0. The minimum atomic E-state index is -0.402. The van der Waals surface area contributed by atoms with Gasteiger partial charge in [0.2, 0.25) is 5.89 Å². The van der Waals surface area contributed by atoms with Crippen molar-refractivity contribution >= 4 is 0 Å². The van der Waals surface area contributed by atoms with E-state index in [1.54, 1.807) is 24.5 Å². The molecule has 3 rings (SSSR count). The van der Waals surface area contributed by atoms with Crippen molar-refractivity contribution in [1.29, 1.82) is 0 Å². The third kappa shape index (κ3) is 2.96. The smallest absolute Gasteiger partial charge is 0.388 e. The van der Waals surface area contributed by atoms with Crippen LogP contribution in [0.2, 0.25) is 0 Å². The van der Waals surface area contributed by atoms with Crippen LogP contribution < -0.4 is 5.76 Å². The summed E-state index contributed by atoms with van der Waals surface area (Å²) in [5.41, 5.74) is 0.770. The zero-order chi connectivity index (χ0) is 13.8. The Hall–Kier alpha value is -1.95. The minimum absolute atomic E-state index is 0.354. The number of likely N-dealkylation sites (tertiary alicyclic amines) is 1. The van der Waals surface area contributed by atoms with Gasteiger partial charge in [0, 0.05) is 18.0 Å². The van der Waals surface area contributed by atoms with E-state index in [1.807, 2.05) is 0 Å². The second-order valence-corrected chi connectivity index (χ2v) is 5.08. The molecular weight excluding hydrogens is 256 g/mol. The Bertz CT molecular complexity index is 597. The molecule has 0 spiro atoms. The summed E-state index contributed by atoms with van der Waals surface area (Å²) in [5.74, 6) is -0.0479. The highest BCUT2D eigenvalue weighted by molar-refractivity contribution is 5.50. The largest absolute Gasteiger partial charge is 0.438 e. The van der Waals surface area contributed by atoms with E-state index in [-0.39, 0.29) is 0 Å². The normalized spacial score (nSPS) is 17.0. The molecule has 1 fully saturated rings. The molecule has 1 saturated heterocycles. The summed E-state index contributed by atoms with van der Waals surface area (Å²) in [6, 6.07) is 3.56. The quantitative estimate of drug-likeness (QED) is 0.853. The Kier molecular flexibility index (Phi) is 3.92. The van der Waals surface area contributed by atoms with Crippen LogP contribution >= 0.6 is 0 Å². The first-order valence-corrected chi connectivity index (χ1v) is 7.03. The highest BCUT2D eigenvalue weighted by atomic mass is 16.4. The SMILES string of the molecule is O=c1oc(-c2ccncc2)nn1CN1CCCCCC1. The van der Waals surface area contributed by atoms with Crippen LogP contribution in [0.3, 0.4) is 0 Å². The van der Waals surface area contributed by atoms with Crippen molar-refractivity contribution in [2.45, 2.75) is 32.4 Å². The highest BCUT2D eigenvalue weighted by Gasteiger charge is 2.14. The van der Waals surface area contributed by atoms with Gasteiger partial charge in [0.15, 0.2) is 0 Å². The Balaban J connectivity index is 1.77. The maximum atomic E-state index is 11.9. The van der Waals surface area contributed by atoms with Crippen LogP contribution in [0.1, 0.15) is 25.7 Å². The van der Waals surface area contributed by atoms with E-state index in [1.165, 1.54) is 30.4 Å². The lowest BCUT2D eigenvalue weighted by Crippen LogP contribution is -2.32. The molecule has 106 valence electrons. The van der Waals surface area contributed by atoms with Crippen LogP contribution in [-0.2, 0) is 6.67 Å². The molecule has 0 saturated carbocycles. The van der Waals surface area contributed by atoms with E-state index in [9.17, 15) is 4.79 Å². The van der Waals surface area contributed by atoms with Gasteiger partial charge in [-0.25, -0.2) is 4.79 Å². The second kappa shape index (κ2) is 6.00.